The van der Waals surface area contributed by atoms with E-state index in [1.54, 1.807) is 6.33 Å². The average Bonchev–Trinajstić information content (AvgIpc) is 2.40. The van der Waals surface area contributed by atoms with Crippen LogP contribution in [-0.4, -0.2) is 21.5 Å². The van der Waals surface area contributed by atoms with Crippen molar-refractivity contribution in [3.63, 3.8) is 0 Å². The third-order valence-electron chi connectivity index (χ3n) is 1.45. The van der Waals surface area contributed by atoms with Crippen LogP contribution in [0.5, 0.6) is 0 Å². The molecule has 11 heavy (non-hydrogen) atoms. The summed E-state index contributed by atoms with van der Waals surface area (Å²) >= 11 is 0. The van der Waals surface area contributed by atoms with Gasteiger partial charge in [0.05, 0.1) is 18.2 Å². The van der Waals surface area contributed by atoms with Gasteiger partial charge in [-0.15, -0.1) is 0 Å². The topological polar surface area (TPSA) is 53.4 Å². The summed E-state index contributed by atoms with van der Waals surface area (Å²) in [6.07, 6.45) is 3.13. The first-order chi connectivity index (χ1) is 5.38. The molecule has 1 aromatic heterocycles. The summed E-state index contributed by atoms with van der Waals surface area (Å²) in [6, 6.07) is 0. The second kappa shape index (κ2) is 2.18. The second-order valence-electron chi connectivity index (χ2n) is 2.18. The van der Waals surface area contributed by atoms with Gasteiger partial charge in [-0.05, 0) is 6.92 Å². The molecule has 0 atom stereocenters. The highest BCUT2D eigenvalue weighted by Gasteiger charge is 2.07. The maximum Gasteiger partial charge on any atom is 0.168 e. The first-order valence-electron chi connectivity index (χ1n) is 3.24. The molecular formula is C7H6N4. The fourth-order valence-corrected chi connectivity index (χ4v) is 0.918. The average molecular weight is 146 g/mol. The third-order valence-corrected chi connectivity index (χ3v) is 1.45. The van der Waals surface area contributed by atoms with E-state index in [4.69, 9.17) is 0 Å². The number of hydrogen-bond acceptors (Lipinski definition) is 3. The van der Waals surface area contributed by atoms with Crippen molar-refractivity contribution in [2.24, 2.45) is 9.98 Å². The smallest absolute Gasteiger partial charge is 0.168 e. The predicted octanol–water partition coefficient (Wildman–Crippen LogP) is 1.05. The Bertz CT molecular complexity index is 366. The van der Waals surface area contributed by atoms with Gasteiger partial charge in [0.25, 0.3) is 0 Å². The number of aromatic nitrogens is 2. The molecule has 0 aliphatic carbocycles. The van der Waals surface area contributed by atoms with Gasteiger partial charge >= 0.3 is 0 Å². The Kier molecular flexibility index (Phi) is 1.20. The van der Waals surface area contributed by atoms with E-state index in [9.17, 15) is 0 Å². The number of hydrogen-bond donors (Lipinski definition) is 1. The molecule has 4 nitrogen and oxygen atoms in total. The summed E-state index contributed by atoms with van der Waals surface area (Å²) in [7, 11) is 0. The molecule has 1 aromatic rings. The molecule has 2 heterocycles. The number of fused-ring (bicyclic) bond motifs is 1. The highest BCUT2D eigenvalue weighted by molar-refractivity contribution is 6.02. The van der Waals surface area contributed by atoms with Gasteiger partial charge in [0.2, 0.25) is 0 Å². The van der Waals surface area contributed by atoms with E-state index < -0.39 is 0 Å². The van der Waals surface area contributed by atoms with E-state index in [1.165, 1.54) is 6.20 Å². The molecule has 0 amide bonds. The van der Waals surface area contributed by atoms with Gasteiger partial charge in [-0.3, -0.25) is 0 Å². The summed E-state index contributed by atoms with van der Waals surface area (Å²) in [6.45, 7) is 1.89. The van der Waals surface area contributed by atoms with Crippen LogP contribution in [0.15, 0.2) is 22.5 Å². The van der Waals surface area contributed by atoms with E-state index in [0.29, 0.717) is 0 Å². The Balaban J connectivity index is 2.70. The van der Waals surface area contributed by atoms with Crippen LogP contribution in [0.3, 0.4) is 0 Å². The molecule has 0 unspecified atom stereocenters. The van der Waals surface area contributed by atoms with Crippen molar-refractivity contribution in [1.82, 2.24) is 9.97 Å². The zero-order valence-electron chi connectivity index (χ0n) is 6.00. The summed E-state index contributed by atoms with van der Waals surface area (Å²) in [4.78, 5) is 14.9. The van der Waals surface area contributed by atoms with Crippen LogP contribution in [0.25, 0.3) is 0 Å². The quantitative estimate of drug-likeness (QED) is 0.584. The summed E-state index contributed by atoms with van der Waals surface area (Å²) in [5.41, 5.74) is 1.65. The lowest BCUT2D eigenvalue weighted by Crippen LogP contribution is -1.92. The maximum absolute atomic E-state index is 4.06. The van der Waals surface area contributed by atoms with Crippen LogP contribution in [0.2, 0.25) is 0 Å². The molecule has 0 aromatic carbocycles. The Morgan fingerprint density at radius 2 is 2.45 bits per heavy atom. The van der Waals surface area contributed by atoms with Crippen LogP contribution in [0, 0.1) is 0 Å². The van der Waals surface area contributed by atoms with Crippen LogP contribution >= 0.6 is 0 Å². The van der Waals surface area contributed by atoms with Gasteiger partial charge in [0.15, 0.2) is 5.82 Å². The summed E-state index contributed by atoms with van der Waals surface area (Å²) in [5, 5.41) is 0. The highest BCUT2D eigenvalue weighted by Crippen LogP contribution is 2.14. The molecular weight excluding hydrogens is 140 g/mol. The SMILES string of the molecule is CC1=NC=C=Nc2[nH]cnc21. The zero-order chi connectivity index (χ0) is 7.68. The Labute approximate surface area is 63.4 Å². The zero-order valence-corrected chi connectivity index (χ0v) is 6.00. The van der Waals surface area contributed by atoms with Crippen molar-refractivity contribution < 1.29 is 0 Å². The lowest BCUT2D eigenvalue weighted by molar-refractivity contribution is 1.29. The maximum atomic E-state index is 4.06. The molecule has 2 rings (SSSR count). The van der Waals surface area contributed by atoms with Gasteiger partial charge in [0.1, 0.15) is 5.69 Å². The van der Waals surface area contributed by atoms with Gasteiger partial charge in [-0.1, -0.05) is 0 Å². The fraction of sp³-hybridized carbons (Fsp3) is 0.143. The summed E-state index contributed by atoms with van der Waals surface area (Å²) < 4.78 is 0. The molecule has 1 aliphatic heterocycles. The Hall–Kier alpha value is -1.67. The molecule has 0 saturated carbocycles. The van der Waals surface area contributed by atoms with Crippen LogP contribution < -0.4 is 0 Å². The van der Waals surface area contributed by atoms with Crippen LogP contribution in [0.1, 0.15) is 12.6 Å². The number of aliphatic imine (C=N–C) groups is 2. The third kappa shape index (κ3) is 0.893. The number of nitrogens with one attached hydrogen (secondary N) is 1. The molecule has 0 fully saturated rings. The number of rotatable bonds is 0. The molecule has 1 aliphatic rings. The molecule has 4 heteroatoms. The number of nitrogens with zero attached hydrogens (tertiary/aromatic N) is 3. The van der Waals surface area contributed by atoms with Crippen molar-refractivity contribution >= 4 is 17.4 Å². The van der Waals surface area contributed by atoms with Crippen molar-refractivity contribution in [2.75, 3.05) is 0 Å². The minimum Gasteiger partial charge on any atom is -0.329 e. The fourth-order valence-electron chi connectivity index (χ4n) is 0.918. The highest BCUT2D eigenvalue weighted by atomic mass is 15.0. The molecule has 54 valence electrons. The van der Waals surface area contributed by atoms with E-state index >= 15 is 0 Å². The largest absolute Gasteiger partial charge is 0.329 e. The minimum absolute atomic E-state index is 0.722. The summed E-state index contributed by atoms with van der Waals surface area (Å²) in [5.74, 6) is 3.38. The van der Waals surface area contributed by atoms with Crippen LogP contribution in [0.4, 0.5) is 5.82 Å². The van der Waals surface area contributed by atoms with Crippen LogP contribution in [-0.2, 0) is 0 Å². The lowest BCUT2D eigenvalue weighted by Gasteiger charge is -1.90. The van der Waals surface area contributed by atoms with E-state index in [1.807, 2.05) is 6.92 Å². The standard InChI is InChI=1S/C7H6N4/c1-5-6-7(11-4-10-6)9-3-2-8-5/h2,4H,1H3,(H,10,11). The number of imidazole rings is 1. The minimum atomic E-state index is 0.722. The van der Waals surface area contributed by atoms with E-state index in [-0.39, 0.29) is 0 Å². The van der Waals surface area contributed by atoms with E-state index in [2.05, 4.69) is 25.8 Å². The van der Waals surface area contributed by atoms with Gasteiger partial charge < -0.3 is 4.98 Å². The van der Waals surface area contributed by atoms with Crippen molar-refractivity contribution in [3.05, 3.63) is 18.2 Å². The first-order valence-corrected chi connectivity index (χ1v) is 3.24. The number of aromatic amines is 1. The first kappa shape index (κ1) is 6.07. The van der Waals surface area contributed by atoms with Crippen molar-refractivity contribution in [1.29, 1.82) is 0 Å². The second-order valence-corrected chi connectivity index (χ2v) is 2.18. The predicted molar refractivity (Wildman–Crippen MR) is 42.5 cm³/mol. The van der Waals surface area contributed by atoms with Gasteiger partial charge in [0, 0.05) is 5.87 Å². The molecule has 0 spiro atoms. The molecule has 0 bridgehead atoms. The molecule has 0 saturated heterocycles. The lowest BCUT2D eigenvalue weighted by atomic mass is 10.3. The van der Waals surface area contributed by atoms with Gasteiger partial charge in [-0.25, -0.2) is 9.98 Å². The Morgan fingerprint density at radius 1 is 1.55 bits per heavy atom. The normalized spacial score (nSPS) is 14.1. The van der Waals surface area contributed by atoms with Gasteiger partial charge in [-0.2, -0.15) is 4.99 Å². The van der Waals surface area contributed by atoms with Crippen molar-refractivity contribution in [2.45, 2.75) is 6.92 Å². The molecule has 1 N–H and O–H groups in total. The van der Waals surface area contributed by atoms with Crippen molar-refractivity contribution in [3.8, 4) is 0 Å². The monoisotopic (exact) mass is 146 g/mol. The number of H-pyrrole nitrogens is 1. The Morgan fingerprint density at radius 3 is 3.36 bits per heavy atom. The molecule has 0 radical (unpaired) electrons. The van der Waals surface area contributed by atoms with E-state index in [0.717, 1.165) is 17.2 Å².